The van der Waals surface area contributed by atoms with Crippen LogP contribution < -0.4 is 0 Å². The molecule has 0 bridgehead atoms. The molecule has 0 saturated heterocycles. The van der Waals surface area contributed by atoms with Crippen LogP contribution in [0.5, 0.6) is 0 Å². The monoisotopic (exact) mass is 333 g/mol. The fourth-order valence-corrected chi connectivity index (χ4v) is 2.96. The summed E-state index contributed by atoms with van der Waals surface area (Å²) >= 11 is 5.09. The molecule has 0 aliphatic heterocycles. The second kappa shape index (κ2) is 5.50. The van der Waals surface area contributed by atoms with Crippen molar-refractivity contribution in [3.8, 4) is 11.4 Å². The Morgan fingerprint density at radius 3 is 2.58 bits per heavy atom. The van der Waals surface area contributed by atoms with Gasteiger partial charge in [0, 0.05) is 24.2 Å². The normalized spacial score (nSPS) is 12.3. The van der Waals surface area contributed by atoms with Crippen molar-refractivity contribution in [2.75, 3.05) is 0 Å². The van der Waals surface area contributed by atoms with Crippen LogP contribution in [-0.4, -0.2) is 25.1 Å². The maximum absolute atomic E-state index is 4.42. The van der Waals surface area contributed by atoms with Gasteiger partial charge in [0.1, 0.15) is 15.3 Å². The third kappa shape index (κ3) is 2.52. The molecule has 1 unspecified atom stereocenters. The van der Waals surface area contributed by atoms with Crippen molar-refractivity contribution in [2.24, 2.45) is 0 Å². The molecule has 5 nitrogen and oxygen atoms in total. The van der Waals surface area contributed by atoms with E-state index < -0.39 is 0 Å². The molecule has 3 rings (SSSR count). The minimum atomic E-state index is -0.111. The van der Waals surface area contributed by atoms with E-state index in [1.54, 1.807) is 30.2 Å². The predicted molar refractivity (Wildman–Crippen MR) is 75.9 cm³/mol. The summed E-state index contributed by atoms with van der Waals surface area (Å²) in [6.07, 6.45) is 5.18. The number of aromatic nitrogens is 5. The minimum Gasteiger partial charge on any atom is -0.259 e. The molecule has 0 saturated carbocycles. The summed E-state index contributed by atoms with van der Waals surface area (Å²) in [6, 6.07) is 5.61. The van der Waals surface area contributed by atoms with Crippen molar-refractivity contribution in [2.45, 2.75) is 4.83 Å². The number of rotatable bonds is 3. The zero-order valence-electron chi connectivity index (χ0n) is 9.64. The van der Waals surface area contributed by atoms with E-state index in [1.807, 2.05) is 12.1 Å². The Balaban J connectivity index is 2.08. The van der Waals surface area contributed by atoms with E-state index in [9.17, 15) is 0 Å². The van der Waals surface area contributed by atoms with E-state index >= 15 is 0 Å². The highest BCUT2D eigenvalue weighted by atomic mass is 79.9. The van der Waals surface area contributed by atoms with Gasteiger partial charge in [-0.15, -0.1) is 21.5 Å². The van der Waals surface area contributed by atoms with E-state index in [-0.39, 0.29) is 4.83 Å². The van der Waals surface area contributed by atoms with E-state index in [1.165, 1.54) is 11.3 Å². The van der Waals surface area contributed by atoms with Crippen LogP contribution in [-0.2, 0) is 0 Å². The SMILES string of the molecule is BrC(c1nncs1)c1ncccc1-c1ncccn1. The first-order valence-corrected chi connectivity index (χ1v) is 7.28. The van der Waals surface area contributed by atoms with Gasteiger partial charge in [0.05, 0.1) is 5.69 Å². The van der Waals surface area contributed by atoms with Crippen LogP contribution in [0.1, 0.15) is 15.5 Å². The molecule has 0 N–H and O–H groups in total. The highest BCUT2D eigenvalue weighted by molar-refractivity contribution is 9.09. The van der Waals surface area contributed by atoms with Crippen LogP contribution in [0.25, 0.3) is 11.4 Å². The third-order valence-electron chi connectivity index (χ3n) is 2.48. The number of hydrogen-bond acceptors (Lipinski definition) is 6. The van der Waals surface area contributed by atoms with Crippen LogP contribution in [0.15, 0.2) is 42.3 Å². The van der Waals surface area contributed by atoms with Crippen molar-refractivity contribution in [1.82, 2.24) is 25.1 Å². The summed E-state index contributed by atoms with van der Waals surface area (Å²) < 4.78 is 0. The molecule has 19 heavy (non-hydrogen) atoms. The molecule has 3 heterocycles. The average Bonchev–Trinajstić information content (AvgIpc) is 3.02. The van der Waals surface area contributed by atoms with Gasteiger partial charge in [0.2, 0.25) is 0 Å². The molecule has 0 aromatic carbocycles. The second-order valence-corrected chi connectivity index (χ2v) is 5.43. The summed E-state index contributed by atoms with van der Waals surface area (Å²) in [5.41, 5.74) is 3.43. The van der Waals surface area contributed by atoms with Gasteiger partial charge in [0.15, 0.2) is 5.82 Å². The summed E-state index contributed by atoms with van der Waals surface area (Å²) in [4.78, 5) is 12.8. The minimum absolute atomic E-state index is 0.111. The van der Waals surface area contributed by atoms with Crippen molar-refractivity contribution >= 4 is 27.3 Å². The summed E-state index contributed by atoms with van der Waals surface area (Å²) in [5.74, 6) is 0.652. The Bertz CT molecular complexity index is 659. The predicted octanol–water partition coefficient (Wildman–Crippen LogP) is 2.87. The molecule has 0 fully saturated rings. The zero-order valence-corrected chi connectivity index (χ0v) is 12.0. The van der Waals surface area contributed by atoms with Crippen molar-refractivity contribution in [3.63, 3.8) is 0 Å². The van der Waals surface area contributed by atoms with Crippen molar-refractivity contribution < 1.29 is 0 Å². The maximum Gasteiger partial charge on any atom is 0.161 e. The molecule has 0 aliphatic rings. The van der Waals surface area contributed by atoms with E-state index in [0.29, 0.717) is 5.82 Å². The Kier molecular flexibility index (Phi) is 3.56. The standard InChI is InChI=1S/C12H8BrN5S/c13-9(12-18-17-7-19-12)10-8(3-1-4-14-10)11-15-5-2-6-16-11/h1-7,9H. The Hall–Kier alpha value is -1.73. The second-order valence-electron chi connectivity index (χ2n) is 3.65. The van der Waals surface area contributed by atoms with Gasteiger partial charge in [-0.3, -0.25) is 4.98 Å². The summed E-state index contributed by atoms with van der Waals surface area (Å²) in [6.45, 7) is 0. The molecular formula is C12H8BrN5S. The van der Waals surface area contributed by atoms with Crippen molar-refractivity contribution in [1.29, 1.82) is 0 Å². The molecule has 3 aromatic heterocycles. The smallest absolute Gasteiger partial charge is 0.161 e. The topological polar surface area (TPSA) is 64.5 Å². The lowest BCUT2D eigenvalue weighted by Crippen LogP contribution is -2.00. The first kappa shape index (κ1) is 12.3. The summed E-state index contributed by atoms with van der Waals surface area (Å²) in [7, 11) is 0. The lowest BCUT2D eigenvalue weighted by molar-refractivity contribution is 0.967. The third-order valence-corrected chi connectivity index (χ3v) is 4.41. The molecule has 0 radical (unpaired) electrons. The van der Waals surface area contributed by atoms with E-state index in [4.69, 9.17) is 0 Å². The van der Waals surface area contributed by atoms with Gasteiger partial charge in [0.25, 0.3) is 0 Å². The van der Waals surface area contributed by atoms with Gasteiger partial charge in [-0.25, -0.2) is 9.97 Å². The molecule has 0 amide bonds. The number of pyridine rings is 1. The van der Waals surface area contributed by atoms with E-state index in [0.717, 1.165) is 16.3 Å². The fourth-order valence-electron chi connectivity index (χ4n) is 1.66. The number of halogens is 1. The Morgan fingerprint density at radius 2 is 1.84 bits per heavy atom. The lowest BCUT2D eigenvalue weighted by Gasteiger charge is -2.10. The fraction of sp³-hybridized carbons (Fsp3) is 0.0833. The van der Waals surface area contributed by atoms with Gasteiger partial charge in [-0.2, -0.15) is 0 Å². The molecule has 94 valence electrons. The highest BCUT2D eigenvalue weighted by Gasteiger charge is 2.20. The van der Waals surface area contributed by atoms with Crippen LogP contribution in [0, 0.1) is 0 Å². The largest absolute Gasteiger partial charge is 0.259 e. The lowest BCUT2D eigenvalue weighted by atomic mass is 10.1. The number of nitrogens with zero attached hydrogens (tertiary/aromatic N) is 5. The van der Waals surface area contributed by atoms with Crippen molar-refractivity contribution in [3.05, 3.63) is 53.0 Å². The molecule has 0 aliphatic carbocycles. The van der Waals surface area contributed by atoms with Crippen LogP contribution in [0.3, 0.4) is 0 Å². The van der Waals surface area contributed by atoms with Crippen LogP contribution in [0.2, 0.25) is 0 Å². The number of alkyl halides is 1. The Morgan fingerprint density at radius 1 is 1.05 bits per heavy atom. The van der Waals surface area contributed by atoms with Gasteiger partial charge in [-0.1, -0.05) is 15.9 Å². The van der Waals surface area contributed by atoms with Crippen LogP contribution in [0.4, 0.5) is 0 Å². The molecule has 7 heteroatoms. The zero-order chi connectivity index (χ0) is 13.1. The van der Waals surface area contributed by atoms with Gasteiger partial charge >= 0.3 is 0 Å². The summed E-state index contributed by atoms with van der Waals surface area (Å²) in [5, 5.41) is 8.78. The average molecular weight is 334 g/mol. The van der Waals surface area contributed by atoms with Crippen LogP contribution >= 0.6 is 27.3 Å². The molecular weight excluding hydrogens is 326 g/mol. The first-order valence-electron chi connectivity index (χ1n) is 5.48. The van der Waals surface area contributed by atoms with Gasteiger partial charge < -0.3 is 0 Å². The molecule has 1 atom stereocenters. The highest BCUT2D eigenvalue weighted by Crippen LogP contribution is 2.34. The van der Waals surface area contributed by atoms with E-state index in [2.05, 4.69) is 41.1 Å². The first-order chi connectivity index (χ1) is 9.36. The molecule has 3 aromatic rings. The quantitative estimate of drug-likeness (QED) is 0.689. The Labute approximate surface area is 121 Å². The molecule has 0 spiro atoms. The maximum atomic E-state index is 4.42. The number of hydrogen-bond donors (Lipinski definition) is 0. The van der Waals surface area contributed by atoms with Gasteiger partial charge in [-0.05, 0) is 18.2 Å².